The van der Waals surface area contributed by atoms with Crippen molar-refractivity contribution in [2.24, 2.45) is 5.41 Å². The molecule has 272 valence electrons. The topological polar surface area (TPSA) is 328 Å². The number of hydrogen-bond acceptors (Lipinski definition) is 15. The van der Waals surface area contributed by atoms with Gasteiger partial charge in [-0.15, -0.1) is 0 Å². The van der Waals surface area contributed by atoms with Crippen molar-refractivity contribution in [3.63, 3.8) is 0 Å². The number of H-pyrrole nitrogens is 1. The zero-order valence-corrected chi connectivity index (χ0v) is 28.8. The van der Waals surface area contributed by atoms with Gasteiger partial charge in [0.1, 0.15) is 18.1 Å². The fourth-order valence-electron chi connectivity index (χ4n) is 5.09. The van der Waals surface area contributed by atoms with Gasteiger partial charge in [-0.2, -0.15) is 13.6 Å². The number of nitro benzene ring substituents is 1. The molecule has 1 aliphatic rings. The van der Waals surface area contributed by atoms with Crippen LogP contribution in [-0.4, -0.2) is 70.1 Å². The molecule has 3 aromatic rings. The molecular formula is C24H34N5O17P3. The van der Waals surface area contributed by atoms with E-state index >= 15 is 0 Å². The minimum Gasteiger partial charge on any atom is -0.497 e. The van der Waals surface area contributed by atoms with E-state index in [-0.39, 0.29) is 52.6 Å². The molecule has 1 aliphatic heterocycles. The van der Waals surface area contributed by atoms with Crippen LogP contribution in [0.15, 0.2) is 29.2 Å². The van der Waals surface area contributed by atoms with E-state index in [2.05, 4.69) is 23.1 Å². The number of fused-ring (bicyclic) bond motifs is 1. The molecule has 2 aromatic heterocycles. The maximum Gasteiger partial charge on any atom is 0.490 e. The first-order valence-electron chi connectivity index (χ1n) is 14.0. The summed E-state index contributed by atoms with van der Waals surface area (Å²) < 4.78 is 65.0. The number of phosphoric ester groups is 1. The predicted molar refractivity (Wildman–Crippen MR) is 166 cm³/mol. The lowest BCUT2D eigenvalue weighted by Crippen LogP contribution is -2.26. The molecule has 3 unspecified atom stereocenters. The Bertz CT molecular complexity index is 1920. The average Bonchev–Trinajstić information content (AvgIpc) is 3.49. The van der Waals surface area contributed by atoms with Crippen LogP contribution >= 0.6 is 23.5 Å². The van der Waals surface area contributed by atoms with Crippen LogP contribution in [0.25, 0.3) is 11.0 Å². The molecule has 6 atom stereocenters. The second kappa shape index (κ2) is 14.3. The van der Waals surface area contributed by atoms with Gasteiger partial charge in [0.25, 0.3) is 11.2 Å². The molecule has 0 saturated carbocycles. The van der Waals surface area contributed by atoms with Crippen LogP contribution < -0.4 is 16.0 Å². The third-order valence-electron chi connectivity index (χ3n) is 7.02. The van der Waals surface area contributed by atoms with E-state index in [4.69, 9.17) is 29.7 Å². The molecule has 4 rings (SSSR count). The van der Waals surface area contributed by atoms with E-state index in [1.807, 2.05) is 0 Å². The summed E-state index contributed by atoms with van der Waals surface area (Å²) >= 11 is 0. The normalized spacial score (nSPS) is 21.7. The molecular weight excluding hydrogens is 723 g/mol. The van der Waals surface area contributed by atoms with Gasteiger partial charge in [-0.25, -0.2) is 13.7 Å². The van der Waals surface area contributed by atoms with E-state index in [1.54, 1.807) is 26.8 Å². The highest BCUT2D eigenvalue weighted by Crippen LogP contribution is 2.66. The lowest BCUT2D eigenvalue weighted by Gasteiger charge is -2.31. The second-order valence-electron chi connectivity index (χ2n) is 11.8. The number of phosphoric acid groups is 3. The first-order chi connectivity index (χ1) is 22.5. The monoisotopic (exact) mass is 757 g/mol. The fourth-order valence-corrected chi connectivity index (χ4v) is 8.12. The molecule has 3 heterocycles. The molecule has 1 saturated heterocycles. The minimum atomic E-state index is -5.77. The van der Waals surface area contributed by atoms with Crippen LogP contribution in [0.5, 0.6) is 5.75 Å². The maximum atomic E-state index is 13.1. The summed E-state index contributed by atoms with van der Waals surface area (Å²) in [4.78, 5) is 67.5. The van der Waals surface area contributed by atoms with Gasteiger partial charge in [0.05, 0.1) is 54.5 Å². The number of aromatic amines is 1. The summed E-state index contributed by atoms with van der Waals surface area (Å²) in [6.07, 6.45) is -3.53. The van der Waals surface area contributed by atoms with Crippen molar-refractivity contribution in [1.82, 2.24) is 14.5 Å². The first kappa shape index (κ1) is 38.7. The number of nitrogens with two attached hydrogens (primary N) is 1. The Balaban J connectivity index is 1.59. The Morgan fingerprint density at radius 3 is 2.45 bits per heavy atom. The van der Waals surface area contributed by atoms with Crippen LogP contribution in [-0.2, 0) is 42.9 Å². The van der Waals surface area contributed by atoms with Crippen LogP contribution in [0.2, 0.25) is 0 Å². The number of nitrogen functional groups attached to an aromatic ring is 1. The SMILES string of the molecule is COc1ccc([C@@H](OCc2cn([C@H]3CC(O)[C@@H](COP(=O)(O)OP(=O)(O)OP(=O)(O)O)O3)c3nc(N)[nH]c(=O)c23)C(C)(C)C)c([N+](=O)[O-])c1. The Hall–Kier alpha value is -3.07. The summed E-state index contributed by atoms with van der Waals surface area (Å²) in [5, 5.41) is 22.6. The number of anilines is 1. The van der Waals surface area contributed by atoms with Gasteiger partial charge in [0.2, 0.25) is 5.95 Å². The Kier molecular flexibility index (Phi) is 11.3. The van der Waals surface area contributed by atoms with E-state index in [0.29, 0.717) is 0 Å². The van der Waals surface area contributed by atoms with Gasteiger partial charge in [0.15, 0.2) is 5.65 Å². The Morgan fingerprint density at radius 1 is 1.18 bits per heavy atom. The molecule has 0 aliphatic carbocycles. The van der Waals surface area contributed by atoms with E-state index in [1.165, 1.54) is 30.0 Å². The third-order valence-corrected chi connectivity index (χ3v) is 10.8. The van der Waals surface area contributed by atoms with Gasteiger partial charge >= 0.3 is 23.5 Å². The number of rotatable bonds is 14. The van der Waals surface area contributed by atoms with Gasteiger partial charge in [-0.3, -0.25) is 24.4 Å². The number of nitrogens with one attached hydrogen (secondary N) is 1. The number of ether oxygens (including phenoxy) is 3. The molecule has 0 amide bonds. The predicted octanol–water partition coefficient (Wildman–Crippen LogP) is 2.52. The van der Waals surface area contributed by atoms with Crippen molar-refractivity contribution in [3.8, 4) is 5.75 Å². The van der Waals surface area contributed by atoms with Crippen molar-refractivity contribution in [3.05, 3.63) is 56.0 Å². The summed E-state index contributed by atoms with van der Waals surface area (Å²) in [5.41, 5.74) is 4.69. The first-order valence-corrected chi connectivity index (χ1v) is 18.5. The number of hydrogen-bond donors (Lipinski definition) is 7. The largest absolute Gasteiger partial charge is 0.497 e. The van der Waals surface area contributed by atoms with E-state index in [0.717, 1.165) is 0 Å². The van der Waals surface area contributed by atoms with E-state index in [9.17, 15) is 43.5 Å². The smallest absolute Gasteiger partial charge is 0.490 e. The van der Waals surface area contributed by atoms with Crippen LogP contribution in [0.3, 0.4) is 0 Å². The van der Waals surface area contributed by atoms with Crippen molar-refractivity contribution < 1.29 is 70.7 Å². The summed E-state index contributed by atoms with van der Waals surface area (Å²) in [5.74, 6) is -0.00558. The zero-order chi connectivity index (χ0) is 36.7. The number of nitrogens with zero attached hydrogens (tertiary/aromatic N) is 3. The Morgan fingerprint density at radius 2 is 1.86 bits per heavy atom. The number of methoxy groups -OCH3 is 1. The second-order valence-corrected chi connectivity index (χ2v) is 16.2. The zero-order valence-electron chi connectivity index (χ0n) is 26.1. The van der Waals surface area contributed by atoms with Gasteiger partial charge in [-0.1, -0.05) is 20.8 Å². The molecule has 25 heteroatoms. The van der Waals surface area contributed by atoms with Gasteiger partial charge < -0.3 is 49.2 Å². The molecule has 1 fully saturated rings. The number of aliphatic hydroxyl groups is 1. The van der Waals surface area contributed by atoms with E-state index < -0.39 is 70.5 Å². The van der Waals surface area contributed by atoms with Crippen molar-refractivity contribution in [2.75, 3.05) is 19.5 Å². The van der Waals surface area contributed by atoms with Crippen LogP contribution in [0.4, 0.5) is 11.6 Å². The molecule has 0 spiro atoms. The highest BCUT2D eigenvalue weighted by atomic mass is 31.3. The number of benzene rings is 1. The molecule has 49 heavy (non-hydrogen) atoms. The molecule has 8 N–H and O–H groups in total. The molecule has 1 aromatic carbocycles. The van der Waals surface area contributed by atoms with Crippen LogP contribution in [0.1, 0.15) is 50.7 Å². The minimum absolute atomic E-state index is 0.00618. The quantitative estimate of drug-likeness (QED) is 0.0705. The standard InChI is InChI=1S/C24H34N5O17P3/c1-24(2,3)20(14-6-5-13(41-4)7-15(14)29(32)33)42-10-12-9-28(21-19(12)22(31)27-23(25)26-21)18-8-16(30)17(44-18)11-43-48(37,38)46-49(39,40)45-47(34,35)36/h5-7,9,16-18,20,30H,8,10-11H2,1-4H3,(H,37,38)(H,39,40)(H2,34,35,36)(H3,25,26,27,31)/t16?,17-,18-,20-/m1/s1. The number of aliphatic hydroxyl groups excluding tert-OH is 1. The summed E-state index contributed by atoms with van der Waals surface area (Å²) in [6, 6.07) is 4.34. The molecule has 0 bridgehead atoms. The lowest BCUT2D eigenvalue weighted by atomic mass is 9.84. The number of nitro groups is 1. The lowest BCUT2D eigenvalue weighted by molar-refractivity contribution is -0.386. The fraction of sp³-hybridized carbons (Fsp3) is 0.500. The van der Waals surface area contributed by atoms with Crippen molar-refractivity contribution in [2.45, 2.75) is 58.3 Å². The third kappa shape index (κ3) is 9.59. The van der Waals surface area contributed by atoms with Crippen molar-refractivity contribution >= 4 is 46.1 Å². The van der Waals surface area contributed by atoms with Gasteiger partial charge in [-0.05, 0) is 17.5 Å². The van der Waals surface area contributed by atoms with Gasteiger partial charge in [0, 0.05) is 18.2 Å². The summed E-state index contributed by atoms with van der Waals surface area (Å²) in [7, 11) is -15.5. The highest BCUT2D eigenvalue weighted by molar-refractivity contribution is 7.66. The number of aromatic nitrogens is 3. The maximum absolute atomic E-state index is 13.1. The highest BCUT2D eigenvalue weighted by Gasteiger charge is 2.43. The average molecular weight is 757 g/mol. The summed E-state index contributed by atoms with van der Waals surface area (Å²) in [6.45, 7) is 4.22. The van der Waals surface area contributed by atoms with Crippen LogP contribution in [0, 0.1) is 15.5 Å². The molecule has 0 radical (unpaired) electrons. The van der Waals surface area contributed by atoms with Crippen molar-refractivity contribution in [1.29, 1.82) is 0 Å². The molecule has 22 nitrogen and oxygen atoms in total. The Labute approximate surface area is 276 Å².